The quantitative estimate of drug-likeness (QED) is 0.851. The monoisotopic (exact) mass is 358 g/mol. The molecule has 2 unspecified atom stereocenters. The van der Waals surface area contributed by atoms with Gasteiger partial charge < -0.3 is 10.1 Å². The van der Waals surface area contributed by atoms with Crippen molar-refractivity contribution >= 4 is 22.8 Å². The van der Waals surface area contributed by atoms with E-state index in [4.69, 9.17) is 4.74 Å². The molecule has 0 radical (unpaired) electrons. The Bertz CT molecular complexity index is 837. The summed E-state index contributed by atoms with van der Waals surface area (Å²) in [5.74, 6) is -1.01. The Balaban J connectivity index is 1.79. The highest BCUT2D eigenvalue weighted by Gasteiger charge is 2.32. The smallest absolute Gasteiger partial charge is 0.309 e. The number of aromatic nitrogens is 1. The van der Waals surface area contributed by atoms with Gasteiger partial charge in [-0.1, -0.05) is 12.8 Å². The lowest BCUT2D eigenvalue weighted by Gasteiger charge is -2.29. The molecule has 1 heterocycles. The average molecular weight is 358 g/mol. The summed E-state index contributed by atoms with van der Waals surface area (Å²) in [5.41, 5.74) is 1.68. The van der Waals surface area contributed by atoms with Crippen molar-refractivity contribution in [2.75, 3.05) is 13.7 Å². The van der Waals surface area contributed by atoms with Crippen LogP contribution in [-0.4, -0.2) is 30.5 Å². The standard InChI is InChI=1S/C20H23FN2O3/c1-12-9-17(16-10-14(21)7-8-18(16)23-12)19(24)22-11-13-5-3-4-6-15(13)20(25)26-2/h7-10,13,15H,3-6,11H2,1-2H3,(H,22,24). The van der Waals surface area contributed by atoms with Gasteiger partial charge in [-0.05, 0) is 49.9 Å². The van der Waals surface area contributed by atoms with E-state index in [9.17, 15) is 14.0 Å². The summed E-state index contributed by atoms with van der Waals surface area (Å²) in [6, 6.07) is 5.90. The lowest BCUT2D eigenvalue weighted by molar-refractivity contribution is -0.148. The number of esters is 1. The topological polar surface area (TPSA) is 68.3 Å². The highest BCUT2D eigenvalue weighted by molar-refractivity contribution is 6.06. The molecule has 1 aromatic heterocycles. The zero-order chi connectivity index (χ0) is 18.7. The number of fused-ring (bicyclic) bond motifs is 1. The first-order valence-electron chi connectivity index (χ1n) is 8.92. The van der Waals surface area contributed by atoms with E-state index in [0.29, 0.717) is 28.7 Å². The van der Waals surface area contributed by atoms with E-state index < -0.39 is 5.82 Å². The molecule has 1 fully saturated rings. The second kappa shape index (κ2) is 7.81. The van der Waals surface area contributed by atoms with E-state index in [1.807, 2.05) is 0 Å². The highest BCUT2D eigenvalue weighted by atomic mass is 19.1. The Morgan fingerprint density at radius 2 is 2.04 bits per heavy atom. The molecule has 138 valence electrons. The van der Waals surface area contributed by atoms with Crippen LogP contribution in [0.2, 0.25) is 0 Å². The Hall–Kier alpha value is -2.50. The zero-order valence-electron chi connectivity index (χ0n) is 15.0. The number of nitrogens with one attached hydrogen (secondary N) is 1. The summed E-state index contributed by atoms with van der Waals surface area (Å²) in [5, 5.41) is 3.41. The fraction of sp³-hybridized carbons (Fsp3) is 0.450. The number of halogens is 1. The Morgan fingerprint density at radius 3 is 2.81 bits per heavy atom. The normalized spacial score (nSPS) is 20.0. The van der Waals surface area contributed by atoms with Gasteiger partial charge in [-0.2, -0.15) is 0 Å². The van der Waals surface area contributed by atoms with Gasteiger partial charge in [0.05, 0.1) is 24.1 Å². The van der Waals surface area contributed by atoms with Crippen molar-refractivity contribution in [3.63, 3.8) is 0 Å². The molecule has 0 aliphatic heterocycles. The summed E-state index contributed by atoms with van der Waals surface area (Å²) >= 11 is 0. The molecule has 26 heavy (non-hydrogen) atoms. The maximum Gasteiger partial charge on any atom is 0.309 e. The number of pyridine rings is 1. The second-order valence-electron chi connectivity index (χ2n) is 6.86. The largest absolute Gasteiger partial charge is 0.469 e. The maximum absolute atomic E-state index is 13.6. The van der Waals surface area contributed by atoms with Crippen molar-refractivity contribution in [1.29, 1.82) is 0 Å². The van der Waals surface area contributed by atoms with E-state index >= 15 is 0 Å². The minimum atomic E-state index is -0.407. The van der Waals surface area contributed by atoms with Crippen LogP contribution < -0.4 is 5.32 Å². The number of amides is 1. The van der Waals surface area contributed by atoms with Gasteiger partial charge in [0, 0.05) is 17.6 Å². The van der Waals surface area contributed by atoms with Crippen LogP contribution in [-0.2, 0) is 9.53 Å². The van der Waals surface area contributed by atoms with Crippen molar-refractivity contribution in [3.8, 4) is 0 Å². The van der Waals surface area contributed by atoms with E-state index in [1.54, 1.807) is 19.1 Å². The maximum atomic E-state index is 13.6. The highest BCUT2D eigenvalue weighted by Crippen LogP contribution is 2.30. The molecular formula is C20H23FN2O3. The SMILES string of the molecule is COC(=O)C1CCCCC1CNC(=O)c1cc(C)nc2ccc(F)cc12. The van der Waals surface area contributed by atoms with Gasteiger partial charge in [0.15, 0.2) is 0 Å². The van der Waals surface area contributed by atoms with Crippen LogP contribution in [0.3, 0.4) is 0 Å². The zero-order valence-corrected chi connectivity index (χ0v) is 15.0. The fourth-order valence-corrected chi connectivity index (χ4v) is 3.75. The van der Waals surface area contributed by atoms with Gasteiger partial charge in [0.1, 0.15) is 5.82 Å². The van der Waals surface area contributed by atoms with Crippen LogP contribution in [0.5, 0.6) is 0 Å². The third-order valence-electron chi connectivity index (χ3n) is 5.08. The van der Waals surface area contributed by atoms with E-state index in [0.717, 1.165) is 25.7 Å². The second-order valence-corrected chi connectivity index (χ2v) is 6.86. The number of methoxy groups -OCH3 is 1. The van der Waals surface area contributed by atoms with E-state index in [-0.39, 0.29) is 23.7 Å². The predicted molar refractivity (Wildman–Crippen MR) is 96.2 cm³/mol. The molecule has 1 aromatic carbocycles. The number of benzene rings is 1. The summed E-state index contributed by atoms with van der Waals surface area (Å²) in [7, 11) is 1.40. The minimum absolute atomic E-state index is 0.0612. The number of hydrogen-bond acceptors (Lipinski definition) is 4. The Labute approximate surface area is 151 Å². The van der Waals surface area contributed by atoms with Gasteiger partial charge >= 0.3 is 5.97 Å². The Kier molecular flexibility index (Phi) is 5.49. The molecule has 1 aliphatic rings. The summed E-state index contributed by atoms with van der Waals surface area (Å²) in [6.07, 6.45) is 3.70. The Morgan fingerprint density at radius 1 is 1.27 bits per heavy atom. The molecule has 0 saturated heterocycles. The first-order chi connectivity index (χ1) is 12.5. The summed E-state index contributed by atoms with van der Waals surface area (Å²) < 4.78 is 18.5. The molecule has 0 bridgehead atoms. The molecule has 0 spiro atoms. The van der Waals surface area contributed by atoms with Crippen LogP contribution in [0.15, 0.2) is 24.3 Å². The van der Waals surface area contributed by atoms with Crippen LogP contribution in [0.25, 0.3) is 10.9 Å². The molecule has 2 atom stereocenters. The molecule has 1 aliphatic carbocycles. The molecule has 2 aromatic rings. The van der Waals surface area contributed by atoms with Gasteiger partial charge in [-0.15, -0.1) is 0 Å². The van der Waals surface area contributed by atoms with Crippen LogP contribution in [0, 0.1) is 24.6 Å². The molecule has 3 rings (SSSR count). The fourth-order valence-electron chi connectivity index (χ4n) is 3.75. The van der Waals surface area contributed by atoms with Gasteiger partial charge in [0.25, 0.3) is 5.91 Å². The van der Waals surface area contributed by atoms with E-state index in [2.05, 4.69) is 10.3 Å². The first-order valence-corrected chi connectivity index (χ1v) is 8.92. The first kappa shape index (κ1) is 18.3. The minimum Gasteiger partial charge on any atom is -0.469 e. The predicted octanol–water partition coefficient (Wildman–Crippen LogP) is 3.39. The molecule has 6 heteroatoms. The van der Waals surface area contributed by atoms with Gasteiger partial charge in [-0.3, -0.25) is 14.6 Å². The van der Waals surface area contributed by atoms with Crippen molar-refractivity contribution in [2.24, 2.45) is 11.8 Å². The average Bonchev–Trinajstić information content (AvgIpc) is 2.65. The van der Waals surface area contributed by atoms with Crippen molar-refractivity contribution in [3.05, 3.63) is 41.3 Å². The van der Waals surface area contributed by atoms with Crippen molar-refractivity contribution < 1.29 is 18.7 Å². The van der Waals surface area contributed by atoms with E-state index in [1.165, 1.54) is 19.2 Å². The lowest BCUT2D eigenvalue weighted by Crippen LogP contribution is -2.37. The number of rotatable bonds is 4. The van der Waals surface area contributed by atoms with Crippen molar-refractivity contribution in [2.45, 2.75) is 32.6 Å². The van der Waals surface area contributed by atoms with Crippen LogP contribution in [0.4, 0.5) is 4.39 Å². The summed E-state index contributed by atoms with van der Waals surface area (Å²) in [6.45, 7) is 2.20. The van der Waals surface area contributed by atoms with Gasteiger partial charge in [0.2, 0.25) is 0 Å². The number of carbonyl (C=O) groups is 2. The number of carbonyl (C=O) groups excluding carboxylic acids is 2. The molecular weight excluding hydrogens is 335 g/mol. The van der Waals surface area contributed by atoms with Gasteiger partial charge in [-0.25, -0.2) is 4.39 Å². The van der Waals surface area contributed by atoms with Crippen LogP contribution >= 0.6 is 0 Å². The number of nitrogens with zero attached hydrogens (tertiary/aromatic N) is 1. The number of hydrogen-bond donors (Lipinski definition) is 1. The third-order valence-corrected chi connectivity index (χ3v) is 5.08. The number of ether oxygens (including phenoxy) is 1. The van der Waals surface area contributed by atoms with Crippen LogP contribution in [0.1, 0.15) is 41.7 Å². The van der Waals surface area contributed by atoms with Crippen molar-refractivity contribution in [1.82, 2.24) is 10.3 Å². The third kappa shape index (κ3) is 3.84. The molecule has 1 amide bonds. The lowest BCUT2D eigenvalue weighted by atomic mass is 9.79. The summed E-state index contributed by atoms with van der Waals surface area (Å²) in [4.78, 5) is 29.0. The molecule has 1 N–H and O–H groups in total. The molecule has 5 nitrogen and oxygen atoms in total. The number of aryl methyl sites for hydroxylation is 1. The molecule has 1 saturated carbocycles.